The topological polar surface area (TPSA) is 62.7 Å². The van der Waals surface area contributed by atoms with Gasteiger partial charge in [-0.1, -0.05) is 24.3 Å². The van der Waals surface area contributed by atoms with Crippen molar-refractivity contribution >= 4 is 11.5 Å². The molecule has 1 N–H and O–H groups in total. The molecule has 0 amide bonds. The van der Waals surface area contributed by atoms with E-state index in [9.17, 15) is 9.90 Å². The lowest BCUT2D eigenvalue weighted by molar-refractivity contribution is 0.0693. The molecule has 5 nitrogen and oxygen atoms in total. The SMILES string of the molecule is CCOc1ccccc1C1=CCN(Cc2ncccc2C(=O)O)CC1. The maximum atomic E-state index is 11.3. The molecule has 0 saturated carbocycles. The largest absolute Gasteiger partial charge is 0.493 e. The maximum absolute atomic E-state index is 11.3. The number of hydrogen-bond acceptors (Lipinski definition) is 4. The molecule has 1 aromatic heterocycles. The second kappa shape index (κ2) is 7.94. The average Bonchev–Trinajstić information content (AvgIpc) is 2.63. The van der Waals surface area contributed by atoms with Gasteiger partial charge in [0, 0.05) is 31.4 Å². The zero-order valence-corrected chi connectivity index (χ0v) is 14.3. The van der Waals surface area contributed by atoms with Crippen LogP contribution in [-0.4, -0.2) is 40.7 Å². The summed E-state index contributed by atoms with van der Waals surface area (Å²) in [6.45, 7) is 4.81. The molecule has 1 aliphatic heterocycles. The van der Waals surface area contributed by atoms with E-state index < -0.39 is 5.97 Å². The molecular formula is C20H22N2O3. The smallest absolute Gasteiger partial charge is 0.337 e. The molecule has 0 radical (unpaired) electrons. The van der Waals surface area contributed by atoms with Crippen LogP contribution in [0, 0.1) is 0 Å². The van der Waals surface area contributed by atoms with Gasteiger partial charge >= 0.3 is 5.97 Å². The van der Waals surface area contributed by atoms with Crippen molar-refractivity contribution in [2.45, 2.75) is 19.9 Å². The van der Waals surface area contributed by atoms with Gasteiger partial charge in [-0.05, 0) is 37.1 Å². The third-order valence-corrected chi connectivity index (χ3v) is 4.32. The zero-order chi connectivity index (χ0) is 17.6. The standard InChI is InChI=1S/C20H22N2O3/c1-2-25-19-8-4-3-6-16(19)15-9-12-22(13-10-15)14-18-17(20(23)24)7-5-11-21-18/h3-9,11H,2,10,12-14H2,1H3,(H,23,24). The van der Waals surface area contributed by atoms with Gasteiger partial charge in [0.15, 0.2) is 0 Å². The van der Waals surface area contributed by atoms with Crippen molar-refractivity contribution in [3.63, 3.8) is 0 Å². The summed E-state index contributed by atoms with van der Waals surface area (Å²) in [5.41, 5.74) is 3.31. The molecule has 0 fully saturated rings. The fourth-order valence-corrected chi connectivity index (χ4v) is 3.08. The number of carboxylic acid groups (broad SMARTS) is 1. The Hall–Kier alpha value is -2.66. The minimum absolute atomic E-state index is 0.277. The molecule has 2 aromatic rings. The van der Waals surface area contributed by atoms with Gasteiger partial charge in [0.2, 0.25) is 0 Å². The van der Waals surface area contributed by atoms with Crippen molar-refractivity contribution in [1.82, 2.24) is 9.88 Å². The molecule has 0 saturated heterocycles. The number of benzene rings is 1. The monoisotopic (exact) mass is 338 g/mol. The van der Waals surface area contributed by atoms with Crippen LogP contribution in [0.1, 0.15) is 35.0 Å². The highest BCUT2D eigenvalue weighted by molar-refractivity contribution is 5.88. The second-order valence-electron chi connectivity index (χ2n) is 5.95. The van der Waals surface area contributed by atoms with E-state index in [1.165, 1.54) is 5.57 Å². The fourth-order valence-electron chi connectivity index (χ4n) is 3.08. The summed E-state index contributed by atoms with van der Waals surface area (Å²) in [5, 5.41) is 9.28. The Morgan fingerprint density at radius 3 is 2.84 bits per heavy atom. The summed E-state index contributed by atoms with van der Waals surface area (Å²) in [6.07, 6.45) is 4.75. The number of carbonyl (C=O) groups is 1. The van der Waals surface area contributed by atoms with E-state index >= 15 is 0 Å². The number of aromatic nitrogens is 1. The molecule has 0 atom stereocenters. The highest BCUT2D eigenvalue weighted by Gasteiger charge is 2.18. The number of carboxylic acids is 1. The van der Waals surface area contributed by atoms with E-state index in [-0.39, 0.29) is 5.56 Å². The molecule has 130 valence electrons. The van der Waals surface area contributed by atoms with Gasteiger partial charge in [0.25, 0.3) is 0 Å². The van der Waals surface area contributed by atoms with Crippen molar-refractivity contribution in [2.24, 2.45) is 0 Å². The van der Waals surface area contributed by atoms with Crippen LogP contribution in [0.2, 0.25) is 0 Å². The molecule has 5 heteroatoms. The van der Waals surface area contributed by atoms with Crippen molar-refractivity contribution in [2.75, 3.05) is 19.7 Å². The second-order valence-corrected chi connectivity index (χ2v) is 5.95. The Kier molecular flexibility index (Phi) is 5.46. The third-order valence-electron chi connectivity index (χ3n) is 4.32. The normalized spacial score (nSPS) is 14.8. The molecule has 0 unspecified atom stereocenters. The van der Waals surface area contributed by atoms with Gasteiger partial charge in [0.05, 0.1) is 17.9 Å². The zero-order valence-electron chi connectivity index (χ0n) is 14.3. The Labute approximate surface area is 147 Å². The lowest BCUT2D eigenvalue weighted by Crippen LogP contribution is -2.29. The van der Waals surface area contributed by atoms with Gasteiger partial charge in [-0.15, -0.1) is 0 Å². The predicted molar refractivity (Wildman–Crippen MR) is 96.7 cm³/mol. The van der Waals surface area contributed by atoms with Crippen LogP contribution in [0.25, 0.3) is 5.57 Å². The van der Waals surface area contributed by atoms with E-state index in [1.807, 2.05) is 25.1 Å². The molecule has 3 rings (SSSR count). The highest BCUT2D eigenvalue weighted by atomic mass is 16.5. The van der Waals surface area contributed by atoms with Gasteiger partial charge in [0.1, 0.15) is 5.75 Å². The first-order valence-corrected chi connectivity index (χ1v) is 8.49. The Morgan fingerprint density at radius 1 is 1.28 bits per heavy atom. The number of para-hydroxylation sites is 1. The van der Waals surface area contributed by atoms with Crippen LogP contribution in [0.15, 0.2) is 48.7 Å². The fraction of sp³-hybridized carbons (Fsp3) is 0.300. The minimum atomic E-state index is -0.929. The van der Waals surface area contributed by atoms with Crippen molar-refractivity contribution in [1.29, 1.82) is 0 Å². The molecule has 25 heavy (non-hydrogen) atoms. The van der Waals surface area contributed by atoms with E-state index in [1.54, 1.807) is 18.3 Å². The average molecular weight is 338 g/mol. The van der Waals surface area contributed by atoms with Crippen molar-refractivity contribution in [3.05, 3.63) is 65.5 Å². The number of pyridine rings is 1. The van der Waals surface area contributed by atoms with Crippen LogP contribution < -0.4 is 4.74 Å². The summed E-state index contributed by atoms with van der Waals surface area (Å²) in [5.74, 6) is -0.00966. The third kappa shape index (κ3) is 4.06. The summed E-state index contributed by atoms with van der Waals surface area (Å²) < 4.78 is 5.73. The lowest BCUT2D eigenvalue weighted by atomic mass is 9.98. The minimum Gasteiger partial charge on any atom is -0.493 e. The first-order valence-electron chi connectivity index (χ1n) is 8.49. The first kappa shape index (κ1) is 17.2. The van der Waals surface area contributed by atoms with Crippen LogP contribution in [0.4, 0.5) is 0 Å². The first-order chi connectivity index (χ1) is 12.2. The molecule has 1 aliphatic rings. The number of nitrogens with zero attached hydrogens (tertiary/aromatic N) is 2. The van der Waals surface area contributed by atoms with Gasteiger partial charge in [-0.3, -0.25) is 9.88 Å². The number of aromatic carboxylic acids is 1. The van der Waals surface area contributed by atoms with Gasteiger partial charge in [-0.25, -0.2) is 4.79 Å². The lowest BCUT2D eigenvalue weighted by Gasteiger charge is -2.27. The quantitative estimate of drug-likeness (QED) is 0.874. The molecule has 0 aliphatic carbocycles. The number of hydrogen-bond donors (Lipinski definition) is 1. The van der Waals surface area contributed by atoms with Crippen LogP contribution in [0.3, 0.4) is 0 Å². The summed E-state index contributed by atoms with van der Waals surface area (Å²) >= 11 is 0. The predicted octanol–water partition coefficient (Wildman–Crippen LogP) is 3.47. The van der Waals surface area contributed by atoms with Crippen molar-refractivity contribution in [3.8, 4) is 5.75 Å². The van der Waals surface area contributed by atoms with E-state index in [0.29, 0.717) is 18.8 Å². The molecule has 0 spiro atoms. The highest BCUT2D eigenvalue weighted by Crippen LogP contribution is 2.30. The van der Waals surface area contributed by atoms with Gasteiger partial charge in [-0.2, -0.15) is 0 Å². The summed E-state index contributed by atoms with van der Waals surface area (Å²) in [7, 11) is 0. The molecule has 0 bridgehead atoms. The maximum Gasteiger partial charge on any atom is 0.337 e. The molecular weight excluding hydrogens is 316 g/mol. The number of rotatable bonds is 6. The Morgan fingerprint density at radius 2 is 2.12 bits per heavy atom. The van der Waals surface area contributed by atoms with Crippen LogP contribution in [0.5, 0.6) is 5.75 Å². The summed E-state index contributed by atoms with van der Waals surface area (Å²) in [6, 6.07) is 11.4. The van der Waals surface area contributed by atoms with Crippen molar-refractivity contribution < 1.29 is 14.6 Å². The Bertz CT molecular complexity index is 786. The Balaban J connectivity index is 1.72. The van der Waals surface area contributed by atoms with Crippen LogP contribution in [-0.2, 0) is 6.54 Å². The molecule has 2 heterocycles. The van der Waals surface area contributed by atoms with E-state index in [0.717, 1.165) is 30.8 Å². The van der Waals surface area contributed by atoms with Crippen LogP contribution >= 0.6 is 0 Å². The summed E-state index contributed by atoms with van der Waals surface area (Å²) in [4.78, 5) is 17.8. The van der Waals surface area contributed by atoms with E-state index in [2.05, 4.69) is 22.0 Å². The number of ether oxygens (including phenoxy) is 1. The van der Waals surface area contributed by atoms with Gasteiger partial charge < -0.3 is 9.84 Å². The molecule has 1 aromatic carbocycles. The van der Waals surface area contributed by atoms with E-state index in [4.69, 9.17) is 4.74 Å².